The molecule has 1 aromatic carbocycles. The van der Waals surface area contributed by atoms with Crippen LogP contribution in [-0.2, 0) is 18.3 Å². The quantitative estimate of drug-likeness (QED) is 0.900. The Bertz CT molecular complexity index is 607. The van der Waals surface area contributed by atoms with Gasteiger partial charge in [0.05, 0.1) is 20.6 Å². The smallest absolute Gasteiger partial charge is 0.229 e. The second kappa shape index (κ2) is 6.10. The molecule has 0 radical (unpaired) electrons. The molecule has 0 unspecified atom stereocenters. The van der Waals surface area contributed by atoms with Gasteiger partial charge in [-0.3, -0.25) is 9.48 Å². The zero-order valence-corrected chi connectivity index (χ0v) is 11.7. The minimum absolute atomic E-state index is 0.129. The fourth-order valence-corrected chi connectivity index (χ4v) is 1.84. The summed E-state index contributed by atoms with van der Waals surface area (Å²) >= 11 is 0. The molecule has 2 aromatic rings. The number of ether oxygens (including phenoxy) is 2. The summed E-state index contributed by atoms with van der Waals surface area (Å²) in [5, 5.41) is 6.83. The number of aryl methyl sites for hydroxylation is 1. The Hall–Kier alpha value is -2.50. The number of anilines is 1. The Morgan fingerprint density at radius 2 is 2.00 bits per heavy atom. The molecule has 0 fully saturated rings. The highest BCUT2D eigenvalue weighted by Crippen LogP contribution is 2.27. The number of hydrogen-bond acceptors (Lipinski definition) is 4. The molecule has 0 saturated heterocycles. The molecule has 6 nitrogen and oxygen atoms in total. The Labute approximate surface area is 117 Å². The van der Waals surface area contributed by atoms with Crippen molar-refractivity contribution in [1.82, 2.24) is 9.78 Å². The molecule has 106 valence electrons. The van der Waals surface area contributed by atoms with E-state index in [0.29, 0.717) is 17.3 Å². The average molecular weight is 275 g/mol. The number of carbonyl (C=O) groups excluding carboxylic acids is 1. The molecule has 1 heterocycles. The number of methoxy groups -OCH3 is 2. The summed E-state index contributed by atoms with van der Waals surface area (Å²) < 4.78 is 12.0. The lowest BCUT2D eigenvalue weighted by molar-refractivity contribution is -0.115. The van der Waals surface area contributed by atoms with Crippen LogP contribution in [0.15, 0.2) is 30.5 Å². The fourth-order valence-electron chi connectivity index (χ4n) is 1.84. The van der Waals surface area contributed by atoms with Crippen molar-refractivity contribution in [2.45, 2.75) is 6.42 Å². The summed E-state index contributed by atoms with van der Waals surface area (Å²) in [7, 11) is 4.94. The molecule has 0 aliphatic rings. The van der Waals surface area contributed by atoms with Gasteiger partial charge in [-0.05, 0) is 17.7 Å². The van der Waals surface area contributed by atoms with E-state index in [4.69, 9.17) is 9.47 Å². The number of carbonyl (C=O) groups is 1. The molecule has 0 aliphatic heterocycles. The van der Waals surface area contributed by atoms with Crippen molar-refractivity contribution in [3.05, 3.63) is 36.0 Å². The SMILES string of the molecule is COc1ccc(CC(=O)Nc2ccn(C)n2)cc1OC. The molecule has 1 N–H and O–H groups in total. The van der Waals surface area contributed by atoms with Gasteiger partial charge in [-0.2, -0.15) is 5.10 Å². The summed E-state index contributed by atoms with van der Waals surface area (Å²) in [6, 6.07) is 7.14. The highest BCUT2D eigenvalue weighted by molar-refractivity contribution is 5.91. The number of aromatic nitrogens is 2. The van der Waals surface area contributed by atoms with Gasteiger partial charge in [-0.25, -0.2) is 0 Å². The van der Waals surface area contributed by atoms with Crippen LogP contribution in [0.3, 0.4) is 0 Å². The summed E-state index contributed by atoms with van der Waals surface area (Å²) in [5.41, 5.74) is 0.844. The summed E-state index contributed by atoms with van der Waals surface area (Å²) in [6.07, 6.45) is 2.02. The minimum Gasteiger partial charge on any atom is -0.493 e. The van der Waals surface area contributed by atoms with Crippen molar-refractivity contribution in [3.8, 4) is 11.5 Å². The van der Waals surface area contributed by atoms with E-state index >= 15 is 0 Å². The van der Waals surface area contributed by atoms with Gasteiger partial charge >= 0.3 is 0 Å². The number of nitrogens with zero attached hydrogens (tertiary/aromatic N) is 2. The Morgan fingerprint density at radius 1 is 1.25 bits per heavy atom. The molecule has 1 aromatic heterocycles. The summed E-state index contributed by atoms with van der Waals surface area (Å²) in [5.74, 6) is 1.66. The third-order valence-corrected chi connectivity index (χ3v) is 2.79. The van der Waals surface area contributed by atoms with Crippen LogP contribution in [0.25, 0.3) is 0 Å². The lowest BCUT2D eigenvalue weighted by Crippen LogP contribution is -2.15. The van der Waals surface area contributed by atoms with Gasteiger partial charge in [0.1, 0.15) is 0 Å². The van der Waals surface area contributed by atoms with Gasteiger partial charge in [0.2, 0.25) is 5.91 Å². The maximum absolute atomic E-state index is 11.9. The molecule has 0 spiro atoms. The number of nitrogens with one attached hydrogen (secondary N) is 1. The standard InChI is InChI=1S/C14H17N3O3/c1-17-7-6-13(16-17)15-14(18)9-10-4-5-11(19-2)12(8-10)20-3/h4-8H,9H2,1-3H3,(H,15,16,18). The average Bonchev–Trinajstić information content (AvgIpc) is 2.83. The van der Waals surface area contributed by atoms with Crippen LogP contribution in [0.4, 0.5) is 5.82 Å². The van der Waals surface area contributed by atoms with Gasteiger partial charge in [-0.15, -0.1) is 0 Å². The molecular formula is C14H17N3O3. The van der Waals surface area contributed by atoms with Crippen LogP contribution in [0.2, 0.25) is 0 Å². The van der Waals surface area contributed by atoms with Gasteiger partial charge < -0.3 is 14.8 Å². The van der Waals surface area contributed by atoms with E-state index in [0.717, 1.165) is 5.56 Å². The van der Waals surface area contributed by atoms with Crippen LogP contribution >= 0.6 is 0 Å². The molecule has 0 bridgehead atoms. The Kier molecular flexibility index (Phi) is 4.24. The maximum atomic E-state index is 11.9. The Morgan fingerprint density at radius 3 is 2.60 bits per heavy atom. The van der Waals surface area contributed by atoms with Gasteiger partial charge in [0, 0.05) is 19.3 Å². The van der Waals surface area contributed by atoms with Crippen molar-refractivity contribution in [2.75, 3.05) is 19.5 Å². The lowest BCUT2D eigenvalue weighted by Gasteiger charge is -2.09. The van der Waals surface area contributed by atoms with E-state index < -0.39 is 0 Å². The first kappa shape index (κ1) is 13.9. The van der Waals surface area contributed by atoms with Crippen molar-refractivity contribution < 1.29 is 14.3 Å². The highest BCUT2D eigenvalue weighted by atomic mass is 16.5. The van der Waals surface area contributed by atoms with Crippen molar-refractivity contribution in [2.24, 2.45) is 7.05 Å². The first-order chi connectivity index (χ1) is 9.62. The second-order valence-corrected chi connectivity index (χ2v) is 4.29. The molecule has 0 atom stereocenters. The predicted molar refractivity (Wildman–Crippen MR) is 75.1 cm³/mol. The third-order valence-electron chi connectivity index (χ3n) is 2.79. The van der Waals surface area contributed by atoms with E-state index in [1.807, 2.05) is 6.07 Å². The Balaban J connectivity index is 2.04. The van der Waals surface area contributed by atoms with Crippen LogP contribution in [-0.4, -0.2) is 29.9 Å². The first-order valence-corrected chi connectivity index (χ1v) is 6.13. The maximum Gasteiger partial charge on any atom is 0.229 e. The largest absolute Gasteiger partial charge is 0.493 e. The predicted octanol–water partition coefficient (Wildman–Crippen LogP) is 1.62. The molecule has 0 saturated carbocycles. The lowest BCUT2D eigenvalue weighted by atomic mass is 10.1. The molecule has 1 amide bonds. The first-order valence-electron chi connectivity index (χ1n) is 6.13. The number of rotatable bonds is 5. The number of hydrogen-bond donors (Lipinski definition) is 1. The van der Waals surface area contributed by atoms with E-state index in [1.165, 1.54) is 0 Å². The third kappa shape index (κ3) is 3.28. The normalized spacial score (nSPS) is 10.2. The van der Waals surface area contributed by atoms with E-state index in [-0.39, 0.29) is 12.3 Å². The van der Waals surface area contributed by atoms with Crippen LogP contribution in [0.5, 0.6) is 11.5 Å². The van der Waals surface area contributed by atoms with Crippen LogP contribution in [0.1, 0.15) is 5.56 Å². The minimum atomic E-state index is -0.129. The summed E-state index contributed by atoms with van der Waals surface area (Å²) in [6.45, 7) is 0. The molecule has 20 heavy (non-hydrogen) atoms. The van der Waals surface area contributed by atoms with Crippen molar-refractivity contribution >= 4 is 11.7 Å². The van der Waals surface area contributed by atoms with Gasteiger partial charge in [0.15, 0.2) is 17.3 Å². The summed E-state index contributed by atoms with van der Waals surface area (Å²) in [4.78, 5) is 11.9. The number of amides is 1. The zero-order valence-electron chi connectivity index (χ0n) is 11.7. The van der Waals surface area contributed by atoms with E-state index in [9.17, 15) is 4.79 Å². The van der Waals surface area contributed by atoms with E-state index in [1.54, 1.807) is 50.3 Å². The second-order valence-electron chi connectivity index (χ2n) is 4.29. The van der Waals surface area contributed by atoms with Gasteiger partial charge in [0.25, 0.3) is 0 Å². The zero-order chi connectivity index (χ0) is 14.5. The number of benzene rings is 1. The molecule has 0 aliphatic carbocycles. The molecule has 6 heteroatoms. The molecular weight excluding hydrogens is 258 g/mol. The van der Waals surface area contributed by atoms with Crippen molar-refractivity contribution in [1.29, 1.82) is 0 Å². The van der Waals surface area contributed by atoms with E-state index in [2.05, 4.69) is 10.4 Å². The highest BCUT2D eigenvalue weighted by Gasteiger charge is 2.09. The van der Waals surface area contributed by atoms with Crippen LogP contribution in [0, 0.1) is 0 Å². The van der Waals surface area contributed by atoms with Crippen LogP contribution < -0.4 is 14.8 Å². The monoisotopic (exact) mass is 275 g/mol. The fraction of sp³-hybridized carbons (Fsp3) is 0.286. The van der Waals surface area contributed by atoms with Crippen molar-refractivity contribution in [3.63, 3.8) is 0 Å². The topological polar surface area (TPSA) is 65.4 Å². The molecule has 2 rings (SSSR count). The van der Waals surface area contributed by atoms with Gasteiger partial charge in [-0.1, -0.05) is 6.07 Å².